The van der Waals surface area contributed by atoms with Gasteiger partial charge in [-0.3, -0.25) is 4.79 Å². The van der Waals surface area contributed by atoms with Gasteiger partial charge in [0.2, 0.25) is 0 Å². The molecule has 1 saturated heterocycles. The Morgan fingerprint density at radius 3 is 2.75 bits per heavy atom. The Kier molecular flexibility index (Phi) is 3.60. The highest BCUT2D eigenvalue weighted by Gasteiger charge is 2.66. The lowest BCUT2D eigenvalue weighted by Crippen LogP contribution is -2.54. The zero-order chi connectivity index (χ0) is 19.8. The van der Waals surface area contributed by atoms with Crippen molar-refractivity contribution < 1.29 is 22.7 Å². The SMILES string of the molecule is CN1c2ccc(Br)cc2[C@]23CCN(C(=O)C(F)(F)F)[C@H]2c2ccccc2O[C@H]13. The molecule has 3 atom stereocenters. The number of carbonyl (C=O) groups is 1. The minimum Gasteiger partial charge on any atom is -0.469 e. The van der Waals surface area contributed by atoms with Gasteiger partial charge in [-0.2, -0.15) is 13.2 Å². The molecule has 0 N–H and O–H groups in total. The third kappa shape index (κ3) is 2.15. The first-order valence-corrected chi connectivity index (χ1v) is 9.70. The van der Waals surface area contributed by atoms with Crippen LogP contribution in [0, 0.1) is 0 Å². The molecule has 0 aromatic heterocycles. The number of hydrogen-bond acceptors (Lipinski definition) is 3. The summed E-state index contributed by atoms with van der Waals surface area (Å²) < 4.78 is 47.3. The van der Waals surface area contributed by atoms with Gasteiger partial charge in [0.05, 0.1) is 11.5 Å². The fourth-order valence-electron chi connectivity index (χ4n) is 5.13. The van der Waals surface area contributed by atoms with Crippen molar-refractivity contribution in [2.24, 2.45) is 0 Å². The monoisotopic (exact) mass is 452 g/mol. The molecule has 1 amide bonds. The van der Waals surface area contributed by atoms with E-state index >= 15 is 0 Å². The fraction of sp³-hybridized carbons (Fsp3) is 0.350. The van der Waals surface area contributed by atoms with Crippen LogP contribution in [0.25, 0.3) is 0 Å². The van der Waals surface area contributed by atoms with E-state index in [0.717, 1.165) is 20.6 Å². The highest BCUT2D eigenvalue weighted by Crippen LogP contribution is 2.63. The lowest BCUT2D eigenvalue weighted by atomic mass is 9.70. The van der Waals surface area contributed by atoms with Gasteiger partial charge in [-0.05, 0) is 36.2 Å². The third-order valence-electron chi connectivity index (χ3n) is 6.15. The second-order valence-corrected chi connectivity index (χ2v) is 8.39. The van der Waals surface area contributed by atoms with Gasteiger partial charge in [0.1, 0.15) is 5.75 Å². The van der Waals surface area contributed by atoms with Crippen LogP contribution in [0.2, 0.25) is 0 Å². The maximum atomic E-state index is 13.4. The average Bonchev–Trinajstić information content (AvgIpc) is 3.16. The smallest absolute Gasteiger partial charge is 0.469 e. The van der Waals surface area contributed by atoms with E-state index in [4.69, 9.17) is 4.74 Å². The quantitative estimate of drug-likeness (QED) is 0.594. The molecule has 1 fully saturated rings. The Morgan fingerprint density at radius 1 is 1.25 bits per heavy atom. The second kappa shape index (κ2) is 5.65. The van der Waals surface area contributed by atoms with Gasteiger partial charge in [0.15, 0.2) is 6.23 Å². The topological polar surface area (TPSA) is 32.8 Å². The Labute approximate surface area is 168 Å². The van der Waals surface area contributed by atoms with Crippen LogP contribution in [0.1, 0.15) is 23.6 Å². The van der Waals surface area contributed by atoms with Crippen molar-refractivity contribution in [2.45, 2.75) is 30.3 Å². The number of fused-ring (bicyclic) bond motifs is 3. The van der Waals surface area contributed by atoms with Gasteiger partial charge in [-0.15, -0.1) is 0 Å². The predicted octanol–water partition coefficient (Wildman–Crippen LogP) is 4.39. The molecule has 0 saturated carbocycles. The number of likely N-dealkylation sites (N-methyl/N-ethyl adjacent to an activating group) is 1. The molecule has 0 radical (unpaired) electrons. The number of alkyl halides is 3. The van der Waals surface area contributed by atoms with E-state index in [9.17, 15) is 18.0 Å². The summed E-state index contributed by atoms with van der Waals surface area (Å²) in [5.74, 6) is -1.27. The van der Waals surface area contributed by atoms with Crippen molar-refractivity contribution in [2.75, 3.05) is 18.5 Å². The summed E-state index contributed by atoms with van der Waals surface area (Å²) in [5.41, 5.74) is 1.68. The number of para-hydroxylation sites is 1. The number of rotatable bonds is 0. The maximum absolute atomic E-state index is 13.4. The molecule has 3 aliphatic rings. The number of carbonyl (C=O) groups excluding carboxylic acids is 1. The zero-order valence-corrected chi connectivity index (χ0v) is 16.4. The number of hydrogen-bond donors (Lipinski definition) is 0. The minimum absolute atomic E-state index is 0.0248. The minimum atomic E-state index is -4.92. The molecule has 1 spiro atoms. The number of nitrogens with zero attached hydrogens (tertiary/aromatic N) is 2. The first kappa shape index (κ1) is 17.8. The summed E-state index contributed by atoms with van der Waals surface area (Å²) in [5, 5.41) is 0. The van der Waals surface area contributed by atoms with Gasteiger partial charge in [0, 0.05) is 29.3 Å². The number of anilines is 1. The molecular weight excluding hydrogens is 437 g/mol. The van der Waals surface area contributed by atoms with E-state index in [2.05, 4.69) is 15.9 Å². The largest absolute Gasteiger partial charge is 0.471 e. The van der Waals surface area contributed by atoms with Crippen molar-refractivity contribution in [1.29, 1.82) is 0 Å². The molecule has 4 nitrogen and oxygen atoms in total. The van der Waals surface area contributed by atoms with Crippen LogP contribution < -0.4 is 9.64 Å². The molecule has 5 rings (SSSR count). The van der Waals surface area contributed by atoms with Crippen LogP contribution in [0.15, 0.2) is 46.9 Å². The Balaban J connectivity index is 1.77. The van der Waals surface area contributed by atoms with Crippen LogP contribution in [-0.2, 0) is 10.2 Å². The van der Waals surface area contributed by atoms with E-state index < -0.39 is 29.8 Å². The van der Waals surface area contributed by atoms with E-state index in [0.29, 0.717) is 17.7 Å². The molecule has 0 aliphatic carbocycles. The number of amides is 1. The summed E-state index contributed by atoms with van der Waals surface area (Å²) in [6.07, 6.45) is -5.01. The van der Waals surface area contributed by atoms with E-state index in [1.807, 2.05) is 30.1 Å². The van der Waals surface area contributed by atoms with Gasteiger partial charge in [-0.25, -0.2) is 0 Å². The average molecular weight is 453 g/mol. The van der Waals surface area contributed by atoms with Crippen molar-refractivity contribution in [3.8, 4) is 5.75 Å². The molecule has 0 bridgehead atoms. The fourth-order valence-corrected chi connectivity index (χ4v) is 5.49. The van der Waals surface area contributed by atoms with Crippen LogP contribution >= 0.6 is 15.9 Å². The predicted molar refractivity (Wildman–Crippen MR) is 100 cm³/mol. The highest BCUT2D eigenvalue weighted by atomic mass is 79.9. The molecule has 146 valence electrons. The number of ether oxygens (including phenoxy) is 1. The summed E-state index contributed by atoms with van der Waals surface area (Å²) in [7, 11) is 1.88. The molecule has 0 unspecified atom stereocenters. The lowest BCUT2D eigenvalue weighted by molar-refractivity contribution is -0.187. The number of halogens is 4. The lowest BCUT2D eigenvalue weighted by Gasteiger charge is -2.45. The van der Waals surface area contributed by atoms with Crippen LogP contribution in [0.3, 0.4) is 0 Å². The molecule has 2 aromatic rings. The molecule has 3 aliphatic heterocycles. The Bertz CT molecular complexity index is 996. The Morgan fingerprint density at radius 2 is 2.00 bits per heavy atom. The summed E-state index contributed by atoms with van der Waals surface area (Å²) >= 11 is 3.48. The van der Waals surface area contributed by atoms with Crippen LogP contribution in [0.5, 0.6) is 5.75 Å². The molecule has 8 heteroatoms. The van der Waals surface area contributed by atoms with Gasteiger partial charge in [0.25, 0.3) is 0 Å². The van der Waals surface area contributed by atoms with E-state index in [-0.39, 0.29) is 6.54 Å². The van der Waals surface area contributed by atoms with Crippen LogP contribution in [0.4, 0.5) is 18.9 Å². The molecular formula is C20H16BrF3N2O2. The van der Waals surface area contributed by atoms with Crippen molar-refractivity contribution in [3.05, 3.63) is 58.1 Å². The molecule has 2 aromatic carbocycles. The van der Waals surface area contributed by atoms with Gasteiger partial charge < -0.3 is 14.5 Å². The summed E-state index contributed by atoms with van der Waals surface area (Å²) in [6, 6.07) is 12.1. The zero-order valence-electron chi connectivity index (χ0n) is 14.8. The van der Waals surface area contributed by atoms with Crippen molar-refractivity contribution in [1.82, 2.24) is 4.90 Å². The summed E-state index contributed by atoms with van der Waals surface area (Å²) in [6.45, 7) is 0.0248. The van der Waals surface area contributed by atoms with Gasteiger partial charge >= 0.3 is 12.1 Å². The third-order valence-corrected chi connectivity index (χ3v) is 6.65. The standard InChI is InChI=1S/C20H16BrF3N2O2/c1-25-14-7-6-11(21)10-13(14)19-8-9-26(17(27)20(22,23)24)16(19)12-4-2-3-5-15(12)28-18(19)25/h2-7,10,16,18H,8-9H2,1H3/t16-,18-,19+/m0/s1. The van der Waals surface area contributed by atoms with Crippen LogP contribution in [-0.4, -0.2) is 36.8 Å². The highest BCUT2D eigenvalue weighted by molar-refractivity contribution is 9.10. The molecule has 28 heavy (non-hydrogen) atoms. The van der Waals surface area contributed by atoms with Crippen molar-refractivity contribution >= 4 is 27.5 Å². The number of benzene rings is 2. The first-order chi connectivity index (χ1) is 13.2. The first-order valence-electron chi connectivity index (χ1n) is 8.91. The van der Waals surface area contributed by atoms with E-state index in [1.165, 1.54) is 0 Å². The second-order valence-electron chi connectivity index (χ2n) is 7.47. The molecule has 3 heterocycles. The number of likely N-dealkylation sites (tertiary alicyclic amines) is 1. The van der Waals surface area contributed by atoms with E-state index in [1.54, 1.807) is 24.3 Å². The Hall–Kier alpha value is -2.22. The van der Waals surface area contributed by atoms with Crippen molar-refractivity contribution in [3.63, 3.8) is 0 Å². The maximum Gasteiger partial charge on any atom is 0.471 e. The van der Waals surface area contributed by atoms with Gasteiger partial charge in [-0.1, -0.05) is 34.1 Å². The normalized spacial score (nSPS) is 27.6. The summed E-state index contributed by atoms with van der Waals surface area (Å²) in [4.78, 5) is 15.3.